The van der Waals surface area contributed by atoms with Crippen LogP contribution in [0.25, 0.3) is 11.0 Å². The monoisotopic (exact) mass is 226 g/mol. The molecule has 0 bridgehead atoms. The molecule has 2 N–H and O–H groups in total. The SMILES string of the molecule is O=c1oc2cccc(O)c2c(O)c1CCl. The summed E-state index contributed by atoms with van der Waals surface area (Å²) in [6, 6.07) is 4.38. The number of halogens is 1. The third-order valence-electron chi connectivity index (χ3n) is 2.11. The first-order chi connectivity index (χ1) is 7.15. The molecule has 4 nitrogen and oxygen atoms in total. The Balaban J connectivity index is 2.99. The topological polar surface area (TPSA) is 70.7 Å². The van der Waals surface area contributed by atoms with Gasteiger partial charge in [0.1, 0.15) is 22.5 Å². The molecular formula is C10H7ClO4. The summed E-state index contributed by atoms with van der Waals surface area (Å²) in [6.45, 7) is 0. The second-order valence-corrected chi connectivity index (χ2v) is 3.27. The normalized spacial score (nSPS) is 10.7. The molecule has 15 heavy (non-hydrogen) atoms. The van der Waals surface area contributed by atoms with E-state index in [4.69, 9.17) is 16.0 Å². The standard InChI is InChI=1S/C10H7ClO4/c11-4-5-9(13)8-6(12)2-1-3-7(8)15-10(5)14/h1-3,12-13H,4H2. The quantitative estimate of drug-likeness (QED) is 0.576. The van der Waals surface area contributed by atoms with Crippen LogP contribution in [0.2, 0.25) is 0 Å². The van der Waals surface area contributed by atoms with Crippen LogP contribution in [0.3, 0.4) is 0 Å². The molecule has 0 amide bonds. The van der Waals surface area contributed by atoms with Gasteiger partial charge in [0.2, 0.25) is 0 Å². The van der Waals surface area contributed by atoms with Crippen LogP contribution in [0.5, 0.6) is 11.5 Å². The van der Waals surface area contributed by atoms with Crippen molar-refractivity contribution in [2.24, 2.45) is 0 Å². The Bertz CT molecular complexity index is 573. The molecule has 0 aliphatic carbocycles. The molecule has 0 aliphatic heterocycles. The lowest BCUT2D eigenvalue weighted by Gasteiger charge is -2.04. The van der Waals surface area contributed by atoms with Crippen LogP contribution in [-0.4, -0.2) is 10.2 Å². The average Bonchev–Trinajstić information content (AvgIpc) is 2.17. The van der Waals surface area contributed by atoms with Crippen LogP contribution < -0.4 is 5.63 Å². The Kier molecular flexibility index (Phi) is 2.28. The van der Waals surface area contributed by atoms with Crippen LogP contribution in [0.15, 0.2) is 27.4 Å². The van der Waals surface area contributed by atoms with Gasteiger partial charge in [-0.25, -0.2) is 4.79 Å². The molecule has 0 unspecified atom stereocenters. The Morgan fingerprint density at radius 1 is 1.33 bits per heavy atom. The first-order valence-electron chi connectivity index (χ1n) is 4.17. The minimum Gasteiger partial charge on any atom is -0.507 e. The van der Waals surface area contributed by atoms with Crippen molar-refractivity contribution in [1.82, 2.24) is 0 Å². The van der Waals surface area contributed by atoms with Crippen molar-refractivity contribution in [2.45, 2.75) is 5.88 Å². The van der Waals surface area contributed by atoms with Gasteiger partial charge in [0.15, 0.2) is 0 Å². The summed E-state index contributed by atoms with van der Waals surface area (Å²) in [5, 5.41) is 19.3. The molecule has 0 spiro atoms. The van der Waals surface area contributed by atoms with Gasteiger partial charge in [0.05, 0.1) is 11.4 Å². The van der Waals surface area contributed by atoms with Crippen LogP contribution in [0.4, 0.5) is 0 Å². The third-order valence-corrected chi connectivity index (χ3v) is 2.38. The van der Waals surface area contributed by atoms with E-state index >= 15 is 0 Å². The molecule has 78 valence electrons. The second-order valence-electron chi connectivity index (χ2n) is 3.00. The number of rotatable bonds is 1. The van der Waals surface area contributed by atoms with Crippen LogP contribution in [-0.2, 0) is 5.88 Å². The van der Waals surface area contributed by atoms with Crippen molar-refractivity contribution in [3.63, 3.8) is 0 Å². The van der Waals surface area contributed by atoms with Crippen molar-refractivity contribution < 1.29 is 14.6 Å². The van der Waals surface area contributed by atoms with Crippen LogP contribution in [0, 0.1) is 0 Å². The predicted octanol–water partition coefficient (Wildman–Crippen LogP) is 1.94. The molecule has 0 saturated carbocycles. The van der Waals surface area contributed by atoms with Gasteiger partial charge in [-0.2, -0.15) is 0 Å². The fourth-order valence-corrected chi connectivity index (χ4v) is 1.61. The molecule has 5 heteroatoms. The summed E-state index contributed by atoms with van der Waals surface area (Å²) in [6.07, 6.45) is 0. The Labute approximate surface area is 89.3 Å². The van der Waals surface area contributed by atoms with Crippen molar-refractivity contribution >= 4 is 22.6 Å². The van der Waals surface area contributed by atoms with Gasteiger partial charge in [-0.3, -0.25) is 0 Å². The Morgan fingerprint density at radius 2 is 2.07 bits per heavy atom. The Hall–Kier alpha value is -1.68. The highest BCUT2D eigenvalue weighted by atomic mass is 35.5. The summed E-state index contributed by atoms with van der Waals surface area (Å²) in [5.41, 5.74) is -0.613. The maximum absolute atomic E-state index is 11.3. The average molecular weight is 227 g/mol. The van der Waals surface area contributed by atoms with E-state index in [1.807, 2.05) is 0 Å². The van der Waals surface area contributed by atoms with E-state index in [-0.39, 0.29) is 33.9 Å². The van der Waals surface area contributed by atoms with Gasteiger partial charge in [-0.1, -0.05) is 6.07 Å². The highest BCUT2D eigenvalue weighted by Crippen LogP contribution is 2.33. The molecule has 1 aromatic carbocycles. The van der Waals surface area contributed by atoms with Crippen molar-refractivity contribution in [2.75, 3.05) is 0 Å². The molecular weight excluding hydrogens is 220 g/mol. The van der Waals surface area contributed by atoms with Gasteiger partial charge < -0.3 is 14.6 Å². The molecule has 1 heterocycles. The Morgan fingerprint density at radius 3 is 2.73 bits per heavy atom. The van der Waals surface area contributed by atoms with Crippen LogP contribution >= 0.6 is 11.6 Å². The lowest BCUT2D eigenvalue weighted by molar-refractivity contribution is 0.447. The van der Waals surface area contributed by atoms with E-state index in [0.29, 0.717) is 0 Å². The zero-order chi connectivity index (χ0) is 11.0. The lowest BCUT2D eigenvalue weighted by atomic mass is 10.1. The van der Waals surface area contributed by atoms with Crippen molar-refractivity contribution in [3.05, 3.63) is 34.2 Å². The zero-order valence-corrected chi connectivity index (χ0v) is 8.28. The maximum atomic E-state index is 11.3. The highest BCUT2D eigenvalue weighted by Gasteiger charge is 2.15. The van der Waals surface area contributed by atoms with E-state index in [2.05, 4.69) is 0 Å². The summed E-state index contributed by atoms with van der Waals surface area (Å²) < 4.78 is 4.89. The summed E-state index contributed by atoms with van der Waals surface area (Å²) in [7, 11) is 0. The summed E-state index contributed by atoms with van der Waals surface area (Å²) in [4.78, 5) is 11.3. The number of phenols is 1. The summed E-state index contributed by atoms with van der Waals surface area (Å²) in [5.74, 6) is -0.646. The number of fused-ring (bicyclic) bond motifs is 1. The highest BCUT2D eigenvalue weighted by molar-refractivity contribution is 6.17. The van der Waals surface area contributed by atoms with E-state index in [1.165, 1.54) is 18.2 Å². The molecule has 2 aromatic rings. The van der Waals surface area contributed by atoms with Crippen LogP contribution in [0.1, 0.15) is 5.56 Å². The molecule has 0 aliphatic rings. The van der Waals surface area contributed by atoms with Gasteiger partial charge in [-0.05, 0) is 12.1 Å². The molecule has 0 fully saturated rings. The largest absolute Gasteiger partial charge is 0.507 e. The number of phenolic OH excluding ortho intramolecular Hbond substituents is 1. The molecule has 0 atom stereocenters. The second kappa shape index (κ2) is 3.47. The van der Waals surface area contributed by atoms with Crippen molar-refractivity contribution in [3.8, 4) is 11.5 Å². The zero-order valence-electron chi connectivity index (χ0n) is 7.53. The van der Waals surface area contributed by atoms with Crippen molar-refractivity contribution in [1.29, 1.82) is 0 Å². The van der Waals surface area contributed by atoms with E-state index in [9.17, 15) is 15.0 Å². The molecule has 2 rings (SSSR count). The number of alkyl halides is 1. The minimum atomic E-state index is -0.694. The number of hydrogen-bond donors (Lipinski definition) is 2. The molecule has 1 aromatic heterocycles. The first-order valence-corrected chi connectivity index (χ1v) is 4.71. The smallest absolute Gasteiger partial charge is 0.344 e. The van der Waals surface area contributed by atoms with E-state index in [0.717, 1.165) is 0 Å². The van der Waals surface area contributed by atoms with E-state index < -0.39 is 5.63 Å². The summed E-state index contributed by atoms with van der Waals surface area (Å²) >= 11 is 5.49. The minimum absolute atomic E-state index is 0.0503. The van der Waals surface area contributed by atoms with Gasteiger partial charge in [0.25, 0.3) is 0 Å². The molecule has 0 radical (unpaired) electrons. The van der Waals surface area contributed by atoms with Gasteiger partial charge in [-0.15, -0.1) is 11.6 Å². The first kappa shape index (κ1) is 9.86. The van der Waals surface area contributed by atoms with E-state index in [1.54, 1.807) is 0 Å². The predicted molar refractivity (Wildman–Crippen MR) is 55.4 cm³/mol. The van der Waals surface area contributed by atoms with Gasteiger partial charge in [0, 0.05) is 0 Å². The number of benzene rings is 1. The fourth-order valence-electron chi connectivity index (χ4n) is 1.37. The maximum Gasteiger partial charge on any atom is 0.344 e. The molecule has 0 saturated heterocycles. The third kappa shape index (κ3) is 1.43. The van der Waals surface area contributed by atoms with Gasteiger partial charge >= 0.3 is 5.63 Å². The fraction of sp³-hybridized carbons (Fsp3) is 0.100. The number of hydrogen-bond acceptors (Lipinski definition) is 4. The lowest BCUT2D eigenvalue weighted by Crippen LogP contribution is -2.05. The number of aromatic hydroxyl groups is 2.